The third-order valence-corrected chi connectivity index (χ3v) is 2.28. The highest BCUT2D eigenvalue weighted by molar-refractivity contribution is 6.32. The maximum absolute atomic E-state index is 10.9. The van der Waals surface area contributed by atoms with E-state index >= 15 is 0 Å². The van der Waals surface area contributed by atoms with E-state index in [1.54, 1.807) is 12.1 Å². The summed E-state index contributed by atoms with van der Waals surface area (Å²) in [6.07, 6.45) is 0.687. The van der Waals surface area contributed by atoms with E-state index in [-0.39, 0.29) is 5.97 Å². The fourth-order valence-electron chi connectivity index (χ4n) is 1.39. The molecule has 0 radical (unpaired) electrons. The van der Waals surface area contributed by atoms with Crippen LogP contribution in [0.25, 0.3) is 0 Å². The molecule has 1 aromatic carbocycles. The molecule has 0 aromatic heterocycles. The van der Waals surface area contributed by atoms with E-state index in [0.717, 1.165) is 5.56 Å². The summed E-state index contributed by atoms with van der Waals surface area (Å²) in [5.74, 6) is 0.721. The number of esters is 1. The van der Waals surface area contributed by atoms with Gasteiger partial charge >= 0.3 is 5.97 Å². The largest absolute Gasteiger partial charge is 0.495 e. The quantitative estimate of drug-likeness (QED) is 0.590. The van der Waals surface area contributed by atoms with Crippen LogP contribution in [0.2, 0.25) is 5.02 Å². The molecule has 0 fully saturated rings. The van der Waals surface area contributed by atoms with Crippen molar-refractivity contribution in [3.63, 3.8) is 0 Å². The first-order chi connectivity index (χ1) is 7.10. The lowest BCUT2D eigenvalue weighted by Crippen LogP contribution is -2.05. The van der Waals surface area contributed by atoms with Crippen LogP contribution in [0.5, 0.6) is 11.5 Å². The second-order valence-corrected chi connectivity index (χ2v) is 3.41. The van der Waals surface area contributed by atoms with E-state index in [1.165, 1.54) is 14.0 Å². The summed E-state index contributed by atoms with van der Waals surface area (Å²) >= 11 is 5.95. The fraction of sp³-hybridized carbons (Fsp3) is 0.364. The summed E-state index contributed by atoms with van der Waals surface area (Å²) < 4.78 is 10.2. The minimum atomic E-state index is -0.353. The van der Waals surface area contributed by atoms with Gasteiger partial charge < -0.3 is 9.47 Å². The Balaban J connectivity index is 3.22. The lowest BCUT2D eigenvalue weighted by Gasteiger charge is -2.12. The van der Waals surface area contributed by atoms with Gasteiger partial charge in [0.2, 0.25) is 0 Å². The molecule has 3 nitrogen and oxygen atoms in total. The van der Waals surface area contributed by atoms with Gasteiger partial charge in [-0.25, -0.2) is 0 Å². The molecule has 0 aliphatic carbocycles. The van der Waals surface area contributed by atoms with Gasteiger partial charge in [0.25, 0.3) is 0 Å². The Morgan fingerprint density at radius 3 is 2.60 bits per heavy atom. The zero-order chi connectivity index (χ0) is 11.4. The van der Waals surface area contributed by atoms with Gasteiger partial charge in [-0.15, -0.1) is 0 Å². The second kappa shape index (κ2) is 5.03. The van der Waals surface area contributed by atoms with Crippen molar-refractivity contribution in [1.82, 2.24) is 0 Å². The van der Waals surface area contributed by atoms with Crippen LogP contribution >= 0.6 is 11.6 Å². The fourth-order valence-corrected chi connectivity index (χ4v) is 1.64. The van der Waals surface area contributed by atoms with Crippen molar-refractivity contribution in [3.8, 4) is 11.5 Å². The Bertz CT molecular complexity index is 374. The lowest BCUT2D eigenvalue weighted by atomic mass is 10.1. The molecule has 15 heavy (non-hydrogen) atoms. The Morgan fingerprint density at radius 1 is 1.47 bits per heavy atom. The van der Waals surface area contributed by atoms with Crippen molar-refractivity contribution in [1.29, 1.82) is 0 Å². The number of hydrogen-bond acceptors (Lipinski definition) is 3. The van der Waals surface area contributed by atoms with Gasteiger partial charge in [0.15, 0.2) is 0 Å². The molecule has 0 saturated carbocycles. The summed E-state index contributed by atoms with van der Waals surface area (Å²) in [6, 6.07) is 3.32. The first kappa shape index (κ1) is 11.9. The van der Waals surface area contributed by atoms with E-state index in [1.807, 2.05) is 6.92 Å². The van der Waals surface area contributed by atoms with Gasteiger partial charge in [0.05, 0.1) is 12.1 Å². The molecule has 1 aromatic rings. The zero-order valence-electron chi connectivity index (χ0n) is 8.96. The van der Waals surface area contributed by atoms with Crippen molar-refractivity contribution in [2.75, 3.05) is 7.11 Å². The van der Waals surface area contributed by atoms with E-state index in [2.05, 4.69) is 0 Å². The monoisotopic (exact) mass is 228 g/mol. The van der Waals surface area contributed by atoms with Gasteiger partial charge in [-0.2, -0.15) is 0 Å². The number of methoxy groups -OCH3 is 1. The number of carbonyl (C=O) groups is 1. The molecule has 0 saturated heterocycles. The molecule has 0 heterocycles. The normalized spacial score (nSPS) is 9.87. The molecule has 0 bridgehead atoms. The molecule has 4 heteroatoms. The average molecular weight is 229 g/mol. The third-order valence-electron chi connectivity index (χ3n) is 1.98. The number of ether oxygens (including phenoxy) is 2. The molecule has 0 atom stereocenters. The summed E-state index contributed by atoms with van der Waals surface area (Å²) in [5, 5.41) is 0.519. The van der Waals surface area contributed by atoms with E-state index < -0.39 is 0 Å². The summed E-state index contributed by atoms with van der Waals surface area (Å²) in [7, 11) is 1.54. The molecular weight excluding hydrogens is 216 g/mol. The maximum atomic E-state index is 10.9. The highest BCUT2D eigenvalue weighted by Gasteiger charge is 2.13. The molecule has 0 amide bonds. The number of carbonyl (C=O) groups excluding carboxylic acids is 1. The van der Waals surface area contributed by atoms with Crippen molar-refractivity contribution in [2.45, 2.75) is 20.3 Å². The molecule has 0 N–H and O–H groups in total. The first-order valence-corrected chi connectivity index (χ1v) is 5.01. The Labute approximate surface area is 93.9 Å². The molecule has 0 aliphatic heterocycles. The molecule has 1 rings (SSSR count). The van der Waals surface area contributed by atoms with Crippen LogP contribution in [0.3, 0.4) is 0 Å². The van der Waals surface area contributed by atoms with Crippen molar-refractivity contribution in [3.05, 3.63) is 22.7 Å². The van der Waals surface area contributed by atoms with Gasteiger partial charge in [0.1, 0.15) is 11.5 Å². The van der Waals surface area contributed by atoms with Gasteiger partial charge in [0, 0.05) is 12.5 Å². The van der Waals surface area contributed by atoms with Crippen LogP contribution in [-0.2, 0) is 11.2 Å². The summed E-state index contributed by atoms with van der Waals surface area (Å²) in [5.41, 5.74) is 0.806. The van der Waals surface area contributed by atoms with Crippen LogP contribution in [0.4, 0.5) is 0 Å². The van der Waals surface area contributed by atoms with Crippen LogP contribution < -0.4 is 9.47 Å². The lowest BCUT2D eigenvalue weighted by molar-refractivity contribution is -0.131. The molecule has 0 spiro atoms. The molecular formula is C11H13ClO3. The van der Waals surface area contributed by atoms with Crippen LogP contribution in [0.15, 0.2) is 12.1 Å². The predicted molar refractivity (Wildman–Crippen MR) is 58.7 cm³/mol. The second-order valence-electron chi connectivity index (χ2n) is 3.00. The average Bonchev–Trinajstić information content (AvgIpc) is 2.19. The minimum absolute atomic E-state index is 0.353. The molecule has 82 valence electrons. The maximum Gasteiger partial charge on any atom is 0.308 e. The minimum Gasteiger partial charge on any atom is -0.495 e. The van der Waals surface area contributed by atoms with Crippen molar-refractivity contribution >= 4 is 17.6 Å². The number of benzene rings is 1. The van der Waals surface area contributed by atoms with Crippen molar-refractivity contribution < 1.29 is 14.3 Å². The summed E-state index contributed by atoms with van der Waals surface area (Å²) in [6.45, 7) is 3.31. The van der Waals surface area contributed by atoms with Crippen LogP contribution in [0, 0.1) is 0 Å². The van der Waals surface area contributed by atoms with Crippen molar-refractivity contribution in [2.24, 2.45) is 0 Å². The van der Waals surface area contributed by atoms with Gasteiger partial charge in [-0.05, 0) is 18.6 Å². The van der Waals surface area contributed by atoms with E-state index in [4.69, 9.17) is 21.1 Å². The molecule has 0 unspecified atom stereocenters. The Hall–Kier alpha value is -1.22. The number of rotatable bonds is 3. The highest BCUT2D eigenvalue weighted by atomic mass is 35.5. The SMILES string of the molecule is CCc1c(OC(C)=O)ccc(Cl)c1OC. The Morgan fingerprint density at radius 2 is 2.13 bits per heavy atom. The standard InChI is InChI=1S/C11H13ClO3/c1-4-8-10(15-7(2)13)6-5-9(12)11(8)14-3/h5-6H,4H2,1-3H3. The number of hydrogen-bond donors (Lipinski definition) is 0. The van der Waals surface area contributed by atoms with Crippen LogP contribution in [0.1, 0.15) is 19.4 Å². The smallest absolute Gasteiger partial charge is 0.308 e. The molecule has 0 aliphatic rings. The highest BCUT2D eigenvalue weighted by Crippen LogP contribution is 2.35. The predicted octanol–water partition coefficient (Wildman–Crippen LogP) is 2.84. The zero-order valence-corrected chi connectivity index (χ0v) is 9.72. The summed E-state index contributed by atoms with van der Waals surface area (Å²) in [4.78, 5) is 10.9. The van der Waals surface area contributed by atoms with Gasteiger partial charge in [-0.1, -0.05) is 18.5 Å². The van der Waals surface area contributed by atoms with E-state index in [0.29, 0.717) is 22.9 Å². The topological polar surface area (TPSA) is 35.5 Å². The number of halogens is 1. The van der Waals surface area contributed by atoms with Crippen LogP contribution in [-0.4, -0.2) is 13.1 Å². The van der Waals surface area contributed by atoms with Gasteiger partial charge in [-0.3, -0.25) is 4.79 Å². The van der Waals surface area contributed by atoms with E-state index in [9.17, 15) is 4.79 Å². The first-order valence-electron chi connectivity index (χ1n) is 4.64. The Kier molecular flexibility index (Phi) is 3.97. The third kappa shape index (κ3) is 2.63.